The second-order valence-corrected chi connectivity index (χ2v) is 4.80. The first kappa shape index (κ1) is 13.2. The van der Waals surface area contributed by atoms with E-state index in [2.05, 4.69) is 20.3 Å². The Hall–Kier alpha value is -2.76. The molecule has 1 amide bonds. The van der Waals surface area contributed by atoms with Crippen LogP contribution in [0.3, 0.4) is 0 Å². The molecule has 3 aromatic rings. The predicted molar refractivity (Wildman–Crippen MR) is 78.7 cm³/mol. The highest BCUT2D eigenvalue weighted by atomic mass is 16.1. The highest BCUT2D eigenvalue weighted by Gasteiger charge is 2.11. The van der Waals surface area contributed by atoms with Gasteiger partial charge in [-0.05, 0) is 19.1 Å². The molecular formula is C15H15N5O. The molecule has 2 heterocycles. The number of hydrogen-bond donors (Lipinski definition) is 1. The molecule has 0 spiro atoms. The van der Waals surface area contributed by atoms with E-state index in [0.717, 1.165) is 22.6 Å². The molecule has 0 bridgehead atoms. The molecule has 0 atom stereocenters. The molecule has 2 aromatic heterocycles. The van der Waals surface area contributed by atoms with Gasteiger partial charge in [-0.3, -0.25) is 9.78 Å². The smallest absolute Gasteiger partial charge is 0.271 e. The highest BCUT2D eigenvalue weighted by molar-refractivity contribution is 5.91. The number of carbonyl (C=O) groups is 1. The summed E-state index contributed by atoms with van der Waals surface area (Å²) in [6.45, 7) is 2.17. The number of imidazole rings is 1. The molecule has 0 fully saturated rings. The number of rotatable bonds is 3. The van der Waals surface area contributed by atoms with Gasteiger partial charge in [0.1, 0.15) is 11.5 Å². The quantitative estimate of drug-likeness (QED) is 0.791. The van der Waals surface area contributed by atoms with Crippen molar-refractivity contribution in [1.29, 1.82) is 0 Å². The van der Waals surface area contributed by atoms with Gasteiger partial charge in [0.05, 0.1) is 29.5 Å². The summed E-state index contributed by atoms with van der Waals surface area (Å²) in [5, 5.41) is 2.81. The lowest BCUT2D eigenvalue weighted by Crippen LogP contribution is -2.25. The molecule has 3 rings (SSSR count). The Morgan fingerprint density at radius 3 is 2.76 bits per heavy atom. The van der Waals surface area contributed by atoms with Gasteiger partial charge in [-0.2, -0.15) is 0 Å². The predicted octanol–water partition coefficient (Wildman–Crippen LogP) is 1.60. The number of carbonyl (C=O) groups excluding carboxylic acids is 1. The average Bonchev–Trinajstić information content (AvgIpc) is 2.82. The summed E-state index contributed by atoms with van der Waals surface area (Å²) in [5.74, 6) is 0.541. The summed E-state index contributed by atoms with van der Waals surface area (Å²) >= 11 is 0. The number of aromatic nitrogens is 4. The number of aryl methyl sites for hydroxylation is 2. The zero-order chi connectivity index (χ0) is 14.8. The van der Waals surface area contributed by atoms with E-state index >= 15 is 0 Å². The van der Waals surface area contributed by atoms with Crippen molar-refractivity contribution in [3.05, 3.63) is 53.9 Å². The van der Waals surface area contributed by atoms with E-state index in [9.17, 15) is 4.79 Å². The molecule has 0 aliphatic carbocycles. The molecular weight excluding hydrogens is 266 g/mol. The van der Waals surface area contributed by atoms with Gasteiger partial charge in [-0.1, -0.05) is 12.1 Å². The van der Waals surface area contributed by atoms with Crippen LogP contribution < -0.4 is 5.32 Å². The Morgan fingerprint density at radius 1 is 1.24 bits per heavy atom. The molecule has 0 unspecified atom stereocenters. The Bertz CT molecular complexity index is 791. The molecule has 1 N–H and O–H groups in total. The molecule has 21 heavy (non-hydrogen) atoms. The van der Waals surface area contributed by atoms with Crippen LogP contribution in [0.15, 0.2) is 36.7 Å². The van der Waals surface area contributed by atoms with Crippen LogP contribution in [-0.2, 0) is 13.6 Å². The number of fused-ring (bicyclic) bond motifs is 1. The van der Waals surface area contributed by atoms with Crippen molar-refractivity contribution in [3.8, 4) is 0 Å². The fourth-order valence-electron chi connectivity index (χ4n) is 2.11. The molecule has 0 saturated carbocycles. The molecule has 0 saturated heterocycles. The van der Waals surface area contributed by atoms with Crippen LogP contribution in [0.4, 0.5) is 0 Å². The third-order valence-electron chi connectivity index (χ3n) is 3.30. The Kier molecular flexibility index (Phi) is 3.35. The van der Waals surface area contributed by atoms with Crippen molar-refractivity contribution in [2.45, 2.75) is 13.5 Å². The van der Waals surface area contributed by atoms with E-state index in [4.69, 9.17) is 0 Å². The maximum absolute atomic E-state index is 12.0. The van der Waals surface area contributed by atoms with Crippen molar-refractivity contribution >= 4 is 16.9 Å². The normalized spacial score (nSPS) is 10.8. The van der Waals surface area contributed by atoms with E-state index in [0.29, 0.717) is 12.2 Å². The Labute approximate surface area is 121 Å². The maximum atomic E-state index is 12.0. The molecule has 0 aliphatic rings. The van der Waals surface area contributed by atoms with E-state index in [1.165, 1.54) is 6.20 Å². The van der Waals surface area contributed by atoms with Crippen LogP contribution in [0, 0.1) is 6.92 Å². The molecule has 1 aromatic carbocycles. The second-order valence-electron chi connectivity index (χ2n) is 4.80. The van der Waals surface area contributed by atoms with Crippen molar-refractivity contribution < 1.29 is 4.79 Å². The zero-order valence-electron chi connectivity index (χ0n) is 11.9. The fourth-order valence-corrected chi connectivity index (χ4v) is 2.11. The molecule has 0 aliphatic heterocycles. The van der Waals surface area contributed by atoms with E-state index in [1.807, 2.05) is 42.8 Å². The standard InChI is InChI=1S/C15H15N5O/c1-10-7-17-12(8-16-10)15(21)18-9-14-19-11-5-3-4-6-13(11)20(14)2/h3-8H,9H2,1-2H3,(H,18,21). The lowest BCUT2D eigenvalue weighted by atomic mass is 10.3. The zero-order valence-corrected chi connectivity index (χ0v) is 11.9. The lowest BCUT2D eigenvalue weighted by Gasteiger charge is -2.05. The maximum Gasteiger partial charge on any atom is 0.271 e. The van der Waals surface area contributed by atoms with Gasteiger partial charge in [-0.25, -0.2) is 9.97 Å². The monoisotopic (exact) mass is 281 g/mol. The van der Waals surface area contributed by atoms with Crippen molar-refractivity contribution in [3.63, 3.8) is 0 Å². The van der Waals surface area contributed by atoms with Gasteiger partial charge in [0.25, 0.3) is 5.91 Å². The summed E-state index contributed by atoms with van der Waals surface area (Å²) in [4.78, 5) is 24.6. The molecule has 6 heteroatoms. The summed E-state index contributed by atoms with van der Waals surface area (Å²) in [5.41, 5.74) is 3.04. The first-order valence-corrected chi connectivity index (χ1v) is 6.62. The fraction of sp³-hybridized carbons (Fsp3) is 0.200. The van der Waals surface area contributed by atoms with Crippen LogP contribution in [-0.4, -0.2) is 25.4 Å². The number of amides is 1. The van der Waals surface area contributed by atoms with Crippen molar-refractivity contribution in [2.24, 2.45) is 7.05 Å². The van der Waals surface area contributed by atoms with Crippen LogP contribution in [0.1, 0.15) is 22.0 Å². The minimum Gasteiger partial charge on any atom is -0.343 e. The first-order chi connectivity index (χ1) is 10.1. The summed E-state index contributed by atoms with van der Waals surface area (Å²) in [6, 6.07) is 7.86. The Morgan fingerprint density at radius 2 is 2.05 bits per heavy atom. The summed E-state index contributed by atoms with van der Waals surface area (Å²) < 4.78 is 1.97. The van der Waals surface area contributed by atoms with Gasteiger partial charge < -0.3 is 9.88 Å². The number of hydrogen-bond acceptors (Lipinski definition) is 4. The second kappa shape index (κ2) is 5.32. The first-order valence-electron chi connectivity index (χ1n) is 6.62. The topological polar surface area (TPSA) is 72.7 Å². The summed E-state index contributed by atoms with van der Waals surface area (Å²) in [7, 11) is 1.93. The lowest BCUT2D eigenvalue weighted by molar-refractivity contribution is 0.0944. The van der Waals surface area contributed by atoms with Crippen LogP contribution >= 0.6 is 0 Å². The van der Waals surface area contributed by atoms with E-state index in [-0.39, 0.29) is 5.91 Å². The van der Waals surface area contributed by atoms with Gasteiger partial charge in [0, 0.05) is 13.2 Å². The van der Waals surface area contributed by atoms with Gasteiger partial charge in [0.2, 0.25) is 0 Å². The number of nitrogens with zero attached hydrogens (tertiary/aromatic N) is 4. The van der Waals surface area contributed by atoms with Gasteiger partial charge in [-0.15, -0.1) is 0 Å². The SMILES string of the molecule is Cc1cnc(C(=O)NCc2nc3ccccc3n2C)cn1. The highest BCUT2D eigenvalue weighted by Crippen LogP contribution is 2.13. The molecule has 106 valence electrons. The third kappa shape index (κ3) is 2.60. The number of nitrogens with one attached hydrogen (secondary N) is 1. The molecule has 0 radical (unpaired) electrons. The van der Waals surface area contributed by atoms with E-state index in [1.54, 1.807) is 6.20 Å². The van der Waals surface area contributed by atoms with Gasteiger partial charge in [0.15, 0.2) is 0 Å². The number of para-hydroxylation sites is 2. The minimum atomic E-state index is -0.255. The van der Waals surface area contributed by atoms with Crippen LogP contribution in [0.2, 0.25) is 0 Å². The van der Waals surface area contributed by atoms with Gasteiger partial charge >= 0.3 is 0 Å². The van der Waals surface area contributed by atoms with Crippen LogP contribution in [0.5, 0.6) is 0 Å². The van der Waals surface area contributed by atoms with Crippen LogP contribution in [0.25, 0.3) is 11.0 Å². The van der Waals surface area contributed by atoms with Crippen molar-refractivity contribution in [1.82, 2.24) is 24.8 Å². The minimum absolute atomic E-state index is 0.255. The number of benzene rings is 1. The molecule has 6 nitrogen and oxygen atoms in total. The largest absolute Gasteiger partial charge is 0.343 e. The third-order valence-corrected chi connectivity index (χ3v) is 3.30. The average molecular weight is 281 g/mol. The Balaban J connectivity index is 1.75. The van der Waals surface area contributed by atoms with E-state index < -0.39 is 0 Å². The van der Waals surface area contributed by atoms with Crippen molar-refractivity contribution in [2.75, 3.05) is 0 Å². The summed E-state index contributed by atoms with van der Waals surface area (Å²) in [6.07, 6.45) is 3.05.